The summed E-state index contributed by atoms with van der Waals surface area (Å²) >= 11 is 0. The highest BCUT2D eigenvalue weighted by Crippen LogP contribution is 2.28. The second-order valence-electron chi connectivity index (χ2n) is 4.85. The number of benzene rings is 1. The molecule has 0 bridgehead atoms. The van der Waals surface area contributed by atoms with Gasteiger partial charge in [-0.3, -0.25) is 0 Å². The number of aromatic nitrogens is 3. The first-order valence-corrected chi connectivity index (χ1v) is 7.54. The number of hydrogen-bond donors (Lipinski definition) is 1. The first-order valence-electron chi connectivity index (χ1n) is 7.54. The average molecular weight is 319 g/mol. The molecule has 0 amide bonds. The van der Waals surface area contributed by atoms with Crippen molar-refractivity contribution in [2.75, 3.05) is 20.3 Å². The van der Waals surface area contributed by atoms with Crippen LogP contribution in [-0.4, -0.2) is 41.7 Å². The van der Waals surface area contributed by atoms with Crippen LogP contribution in [0.2, 0.25) is 0 Å². The molecule has 1 N–H and O–H groups in total. The van der Waals surface area contributed by atoms with Crippen LogP contribution in [0, 0.1) is 0 Å². The van der Waals surface area contributed by atoms with E-state index in [-0.39, 0.29) is 12.3 Å². The first-order chi connectivity index (χ1) is 11.2. The Kier molecular flexibility index (Phi) is 6.10. The summed E-state index contributed by atoms with van der Waals surface area (Å²) in [5.41, 5.74) is 2.24. The van der Waals surface area contributed by atoms with Crippen LogP contribution in [0.1, 0.15) is 36.3 Å². The quantitative estimate of drug-likeness (QED) is 0.753. The van der Waals surface area contributed by atoms with Crippen molar-refractivity contribution in [1.82, 2.24) is 15.4 Å². The van der Waals surface area contributed by atoms with E-state index in [1.54, 1.807) is 14.0 Å². The molecular formula is C16H21N3O4. The van der Waals surface area contributed by atoms with E-state index >= 15 is 0 Å². The van der Waals surface area contributed by atoms with Crippen molar-refractivity contribution in [3.05, 3.63) is 29.5 Å². The van der Waals surface area contributed by atoms with Gasteiger partial charge in [0, 0.05) is 18.2 Å². The number of aromatic amines is 1. The van der Waals surface area contributed by atoms with Gasteiger partial charge in [-0.25, -0.2) is 4.79 Å². The second-order valence-corrected chi connectivity index (χ2v) is 4.85. The molecule has 0 aliphatic heterocycles. The zero-order valence-corrected chi connectivity index (χ0v) is 13.6. The normalized spacial score (nSPS) is 10.6. The van der Waals surface area contributed by atoms with Gasteiger partial charge in [-0.05, 0) is 31.5 Å². The predicted molar refractivity (Wildman–Crippen MR) is 84.3 cm³/mol. The lowest BCUT2D eigenvalue weighted by molar-refractivity contribution is 0.0520. The van der Waals surface area contributed by atoms with Gasteiger partial charge >= 0.3 is 5.97 Å². The third-order valence-electron chi connectivity index (χ3n) is 3.11. The predicted octanol–water partition coefficient (Wildman–Crippen LogP) is 2.58. The van der Waals surface area contributed by atoms with Crippen molar-refractivity contribution in [1.29, 1.82) is 0 Å². The summed E-state index contributed by atoms with van der Waals surface area (Å²) in [6.07, 6.45) is 0.921. The third kappa shape index (κ3) is 4.07. The molecule has 1 aromatic carbocycles. The highest BCUT2D eigenvalue weighted by atomic mass is 16.5. The molecule has 0 radical (unpaired) electrons. The Bertz CT molecular complexity index is 655. The van der Waals surface area contributed by atoms with Crippen LogP contribution < -0.4 is 4.74 Å². The van der Waals surface area contributed by atoms with Crippen molar-refractivity contribution >= 4 is 5.97 Å². The molecule has 1 heterocycles. The molecule has 0 saturated carbocycles. The number of hydrogen-bond acceptors (Lipinski definition) is 6. The van der Waals surface area contributed by atoms with Gasteiger partial charge in [0.05, 0.1) is 19.8 Å². The highest BCUT2D eigenvalue weighted by Gasteiger charge is 2.20. The molecule has 0 fully saturated rings. The van der Waals surface area contributed by atoms with Crippen LogP contribution in [0.5, 0.6) is 5.75 Å². The van der Waals surface area contributed by atoms with E-state index in [9.17, 15) is 4.79 Å². The van der Waals surface area contributed by atoms with Gasteiger partial charge in [-0.2, -0.15) is 10.3 Å². The molecular weight excluding hydrogens is 298 g/mol. The average Bonchev–Trinajstić information content (AvgIpc) is 3.04. The summed E-state index contributed by atoms with van der Waals surface area (Å²) in [6.45, 7) is 5.11. The molecule has 0 aliphatic carbocycles. The minimum atomic E-state index is -0.504. The summed E-state index contributed by atoms with van der Waals surface area (Å²) in [5.74, 6) is 0.259. The fraction of sp³-hybridized carbons (Fsp3) is 0.438. The number of methoxy groups -OCH3 is 1. The maximum absolute atomic E-state index is 11.9. The minimum absolute atomic E-state index is 0.164. The van der Waals surface area contributed by atoms with Crippen molar-refractivity contribution in [2.24, 2.45) is 0 Å². The van der Waals surface area contributed by atoms with Crippen LogP contribution in [-0.2, 0) is 16.1 Å². The Morgan fingerprint density at radius 1 is 1.26 bits per heavy atom. The van der Waals surface area contributed by atoms with E-state index in [2.05, 4.69) is 15.4 Å². The van der Waals surface area contributed by atoms with E-state index in [0.717, 1.165) is 23.3 Å². The van der Waals surface area contributed by atoms with E-state index in [4.69, 9.17) is 14.2 Å². The molecule has 0 spiro atoms. The van der Waals surface area contributed by atoms with Crippen LogP contribution >= 0.6 is 0 Å². The Labute approximate surface area is 134 Å². The Hall–Kier alpha value is -2.41. The Morgan fingerprint density at radius 2 is 2.09 bits per heavy atom. The first kappa shape index (κ1) is 17.0. The number of H-pyrrole nitrogens is 1. The monoisotopic (exact) mass is 319 g/mol. The van der Waals surface area contributed by atoms with Gasteiger partial charge < -0.3 is 14.2 Å². The Morgan fingerprint density at radius 3 is 2.78 bits per heavy atom. The molecule has 0 saturated heterocycles. The number of carbonyl (C=O) groups is 1. The van der Waals surface area contributed by atoms with Crippen molar-refractivity contribution in [2.45, 2.75) is 26.9 Å². The van der Waals surface area contributed by atoms with Crippen LogP contribution in [0.25, 0.3) is 11.3 Å². The Balaban J connectivity index is 2.35. The molecule has 1 aromatic heterocycles. The van der Waals surface area contributed by atoms with E-state index in [0.29, 0.717) is 18.9 Å². The standard InChI is InChI=1S/C16H21N3O4/c1-4-8-23-13-7-6-11(9-12(13)10-21-3)14-15(18-19-17-14)16(20)22-5-2/h6-7,9H,4-5,8,10H2,1-3H3,(H,17,18,19). The van der Waals surface area contributed by atoms with Gasteiger partial charge in [0.2, 0.25) is 0 Å². The maximum Gasteiger partial charge on any atom is 0.361 e. The van der Waals surface area contributed by atoms with E-state index in [1.165, 1.54) is 0 Å². The van der Waals surface area contributed by atoms with Gasteiger partial charge in [-0.15, -0.1) is 5.10 Å². The molecule has 0 unspecified atom stereocenters. The zero-order chi connectivity index (χ0) is 16.7. The third-order valence-corrected chi connectivity index (χ3v) is 3.11. The lowest BCUT2D eigenvalue weighted by Crippen LogP contribution is -2.07. The number of esters is 1. The lowest BCUT2D eigenvalue weighted by Gasteiger charge is -2.12. The fourth-order valence-electron chi connectivity index (χ4n) is 2.12. The van der Waals surface area contributed by atoms with Gasteiger partial charge in [0.25, 0.3) is 0 Å². The number of nitrogens with one attached hydrogen (secondary N) is 1. The smallest absolute Gasteiger partial charge is 0.361 e. The van der Waals surface area contributed by atoms with Gasteiger partial charge in [-0.1, -0.05) is 6.92 Å². The number of ether oxygens (including phenoxy) is 3. The summed E-state index contributed by atoms with van der Waals surface area (Å²) < 4.78 is 15.9. The van der Waals surface area contributed by atoms with Crippen LogP contribution in [0.3, 0.4) is 0 Å². The summed E-state index contributed by atoms with van der Waals surface area (Å²) in [7, 11) is 1.62. The summed E-state index contributed by atoms with van der Waals surface area (Å²) in [5, 5.41) is 10.4. The molecule has 0 atom stereocenters. The van der Waals surface area contributed by atoms with E-state index in [1.807, 2.05) is 25.1 Å². The summed E-state index contributed by atoms with van der Waals surface area (Å²) in [4.78, 5) is 11.9. The van der Waals surface area contributed by atoms with Crippen LogP contribution in [0.4, 0.5) is 0 Å². The zero-order valence-electron chi connectivity index (χ0n) is 13.6. The second kappa shape index (κ2) is 8.28. The molecule has 0 aliphatic rings. The number of rotatable bonds is 8. The van der Waals surface area contributed by atoms with Crippen molar-refractivity contribution < 1.29 is 19.0 Å². The van der Waals surface area contributed by atoms with Gasteiger partial charge in [0.15, 0.2) is 5.69 Å². The molecule has 23 heavy (non-hydrogen) atoms. The maximum atomic E-state index is 11.9. The molecule has 2 rings (SSSR count). The number of nitrogens with zero attached hydrogens (tertiary/aromatic N) is 2. The highest BCUT2D eigenvalue weighted by molar-refractivity contribution is 5.94. The van der Waals surface area contributed by atoms with Gasteiger partial charge in [0.1, 0.15) is 11.4 Å². The molecule has 124 valence electrons. The van der Waals surface area contributed by atoms with Crippen LogP contribution in [0.15, 0.2) is 18.2 Å². The largest absolute Gasteiger partial charge is 0.493 e. The molecule has 2 aromatic rings. The van der Waals surface area contributed by atoms with Crippen molar-refractivity contribution in [3.63, 3.8) is 0 Å². The minimum Gasteiger partial charge on any atom is -0.493 e. The molecule has 7 nitrogen and oxygen atoms in total. The SMILES string of the molecule is CCCOc1ccc(-c2n[nH]nc2C(=O)OCC)cc1COC. The number of carbonyl (C=O) groups excluding carboxylic acids is 1. The van der Waals surface area contributed by atoms with E-state index < -0.39 is 5.97 Å². The fourth-order valence-corrected chi connectivity index (χ4v) is 2.12. The summed E-state index contributed by atoms with van der Waals surface area (Å²) in [6, 6.07) is 5.57. The lowest BCUT2D eigenvalue weighted by atomic mass is 10.1. The molecule has 7 heteroatoms. The van der Waals surface area contributed by atoms with Crippen molar-refractivity contribution in [3.8, 4) is 17.0 Å². The topological polar surface area (TPSA) is 86.3 Å².